The first kappa shape index (κ1) is 12.7. The molecule has 2 heterocycles. The molecular weight excluding hydrogens is 255 g/mol. The molecule has 0 aliphatic heterocycles. The zero-order valence-electron chi connectivity index (χ0n) is 11.3. The number of halogens is 1. The van der Waals surface area contributed by atoms with E-state index in [2.05, 4.69) is 15.4 Å². The largest absolute Gasteiger partial charge is 0.308 e. The van der Waals surface area contributed by atoms with Crippen LogP contribution in [0.3, 0.4) is 0 Å². The third-order valence-electron chi connectivity index (χ3n) is 3.41. The van der Waals surface area contributed by atoms with Gasteiger partial charge in [0.25, 0.3) is 0 Å². The number of para-hydroxylation sites is 1. The van der Waals surface area contributed by atoms with E-state index in [0.717, 1.165) is 22.2 Å². The molecule has 0 bridgehead atoms. The molecule has 1 N–H and O–H groups in total. The van der Waals surface area contributed by atoms with Crippen LogP contribution in [0.5, 0.6) is 0 Å². The Hall–Kier alpha value is -2.27. The molecule has 0 radical (unpaired) electrons. The van der Waals surface area contributed by atoms with Gasteiger partial charge in [-0.05, 0) is 24.7 Å². The molecule has 0 amide bonds. The van der Waals surface area contributed by atoms with Crippen molar-refractivity contribution >= 4 is 10.9 Å². The van der Waals surface area contributed by atoms with Crippen LogP contribution in [0.4, 0.5) is 4.39 Å². The molecule has 0 spiro atoms. The maximum atomic E-state index is 13.4. The van der Waals surface area contributed by atoms with Crippen molar-refractivity contribution < 1.29 is 4.39 Å². The molecule has 1 atom stereocenters. The van der Waals surface area contributed by atoms with E-state index in [1.165, 1.54) is 12.3 Å². The van der Waals surface area contributed by atoms with Crippen molar-refractivity contribution in [3.05, 3.63) is 59.8 Å². The van der Waals surface area contributed by atoms with E-state index in [0.29, 0.717) is 0 Å². The second kappa shape index (κ2) is 5.02. The molecule has 0 aliphatic carbocycles. The molecule has 3 aromatic rings. The molecule has 1 aromatic carbocycles. The number of hydrogen-bond donors (Lipinski definition) is 1. The van der Waals surface area contributed by atoms with E-state index >= 15 is 0 Å². The normalized spacial score (nSPS) is 12.8. The molecule has 1 unspecified atom stereocenters. The summed E-state index contributed by atoms with van der Waals surface area (Å²) >= 11 is 0. The lowest BCUT2D eigenvalue weighted by Gasteiger charge is -2.14. The van der Waals surface area contributed by atoms with Gasteiger partial charge in [-0.2, -0.15) is 5.10 Å². The molecule has 0 aliphatic rings. The number of benzene rings is 1. The van der Waals surface area contributed by atoms with Gasteiger partial charge in [0.1, 0.15) is 5.82 Å². The first-order chi connectivity index (χ1) is 9.70. The Morgan fingerprint density at radius 2 is 2.05 bits per heavy atom. The molecule has 0 fully saturated rings. The SMILES string of the molecule is CNC(c1cncc(F)c1)c1nn(C)c2ccccc12. The van der Waals surface area contributed by atoms with E-state index in [-0.39, 0.29) is 11.9 Å². The average Bonchev–Trinajstić information content (AvgIpc) is 2.78. The van der Waals surface area contributed by atoms with Crippen molar-refractivity contribution in [3.63, 3.8) is 0 Å². The van der Waals surface area contributed by atoms with Crippen molar-refractivity contribution in [2.24, 2.45) is 7.05 Å². The zero-order valence-corrected chi connectivity index (χ0v) is 11.3. The van der Waals surface area contributed by atoms with Gasteiger partial charge in [-0.3, -0.25) is 9.67 Å². The van der Waals surface area contributed by atoms with E-state index in [1.54, 1.807) is 6.20 Å². The van der Waals surface area contributed by atoms with Crippen LogP contribution < -0.4 is 5.32 Å². The van der Waals surface area contributed by atoms with Crippen molar-refractivity contribution in [1.82, 2.24) is 20.1 Å². The Morgan fingerprint density at radius 1 is 1.25 bits per heavy atom. The van der Waals surface area contributed by atoms with Gasteiger partial charge >= 0.3 is 0 Å². The summed E-state index contributed by atoms with van der Waals surface area (Å²) < 4.78 is 15.2. The smallest absolute Gasteiger partial charge is 0.141 e. The summed E-state index contributed by atoms with van der Waals surface area (Å²) in [5.74, 6) is -0.344. The maximum absolute atomic E-state index is 13.4. The lowest BCUT2D eigenvalue weighted by atomic mass is 10.0. The molecular formula is C15H15FN4. The highest BCUT2D eigenvalue weighted by Crippen LogP contribution is 2.27. The third kappa shape index (κ3) is 2.06. The number of pyridine rings is 1. The number of hydrogen-bond acceptors (Lipinski definition) is 3. The van der Waals surface area contributed by atoms with Crippen LogP contribution in [0.2, 0.25) is 0 Å². The Morgan fingerprint density at radius 3 is 2.80 bits per heavy atom. The van der Waals surface area contributed by atoms with Crippen LogP contribution in [0.25, 0.3) is 10.9 Å². The first-order valence-electron chi connectivity index (χ1n) is 6.40. The molecule has 102 valence electrons. The Kier molecular flexibility index (Phi) is 3.20. The summed E-state index contributed by atoms with van der Waals surface area (Å²) in [6.07, 6.45) is 2.86. The summed E-state index contributed by atoms with van der Waals surface area (Å²) in [5.41, 5.74) is 2.68. The van der Waals surface area contributed by atoms with Crippen LogP contribution in [0.15, 0.2) is 42.7 Å². The number of nitrogens with one attached hydrogen (secondary N) is 1. The number of rotatable bonds is 3. The number of aryl methyl sites for hydroxylation is 1. The first-order valence-corrected chi connectivity index (χ1v) is 6.40. The van der Waals surface area contributed by atoms with Gasteiger partial charge in [0.2, 0.25) is 0 Å². The highest BCUT2D eigenvalue weighted by Gasteiger charge is 2.19. The van der Waals surface area contributed by atoms with Crippen molar-refractivity contribution in [2.75, 3.05) is 7.05 Å². The lowest BCUT2D eigenvalue weighted by molar-refractivity contribution is 0.602. The maximum Gasteiger partial charge on any atom is 0.141 e. The van der Waals surface area contributed by atoms with Gasteiger partial charge in [0, 0.05) is 18.6 Å². The molecule has 5 heteroatoms. The Balaban J connectivity index is 2.17. The van der Waals surface area contributed by atoms with E-state index in [1.807, 2.05) is 43.0 Å². The lowest BCUT2D eigenvalue weighted by Crippen LogP contribution is -2.19. The predicted octanol–water partition coefficient (Wildman–Crippen LogP) is 2.42. The Labute approximate surface area is 116 Å². The molecule has 0 saturated heterocycles. The van der Waals surface area contributed by atoms with E-state index in [4.69, 9.17) is 0 Å². The molecule has 3 rings (SSSR count). The summed E-state index contributed by atoms with van der Waals surface area (Å²) in [6, 6.07) is 9.29. The molecule has 0 saturated carbocycles. The standard InChI is InChI=1S/C15H15FN4/c1-17-14(10-7-11(16)9-18-8-10)15-12-5-3-4-6-13(12)20(2)19-15/h3-9,14,17H,1-2H3. The predicted molar refractivity (Wildman–Crippen MR) is 75.8 cm³/mol. The molecule has 4 nitrogen and oxygen atoms in total. The highest BCUT2D eigenvalue weighted by molar-refractivity contribution is 5.82. The van der Waals surface area contributed by atoms with Gasteiger partial charge < -0.3 is 5.32 Å². The van der Waals surface area contributed by atoms with Gasteiger partial charge in [-0.1, -0.05) is 18.2 Å². The van der Waals surface area contributed by atoms with Gasteiger partial charge in [-0.25, -0.2) is 4.39 Å². The van der Waals surface area contributed by atoms with E-state index < -0.39 is 0 Å². The fourth-order valence-corrected chi connectivity index (χ4v) is 2.50. The highest BCUT2D eigenvalue weighted by atomic mass is 19.1. The third-order valence-corrected chi connectivity index (χ3v) is 3.41. The van der Waals surface area contributed by atoms with E-state index in [9.17, 15) is 4.39 Å². The second-order valence-electron chi connectivity index (χ2n) is 4.68. The van der Waals surface area contributed by atoms with Crippen LogP contribution in [-0.2, 0) is 7.05 Å². The minimum Gasteiger partial charge on any atom is -0.308 e. The Bertz CT molecular complexity index is 750. The van der Waals surface area contributed by atoms with Gasteiger partial charge in [-0.15, -0.1) is 0 Å². The topological polar surface area (TPSA) is 42.7 Å². The summed E-state index contributed by atoms with van der Waals surface area (Å²) in [4.78, 5) is 3.92. The fraction of sp³-hybridized carbons (Fsp3) is 0.200. The van der Waals surface area contributed by atoms with Gasteiger partial charge in [0.05, 0.1) is 23.4 Å². The average molecular weight is 270 g/mol. The number of aromatic nitrogens is 3. The number of fused-ring (bicyclic) bond motifs is 1. The van der Waals surface area contributed by atoms with Crippen LogP contribution in [0.1, 0.15) is 17.3 Å². The molecule has 20 heavy (non-hydrogen) atoms. The van der Waals surface area contributed by atoms with Crippen LogP contribution in [-0.4, -0.2) is 21.8 Å². The quantitative estimate of drug-likeness (QED) is 0.794. The zero-order chi connectivity index (χ0) is 14.1. The molecule has 2 aromatic heterocycles. The summed E-state index contributed by atoms with van der Waals surface area (Å²) in [5, 5.41) is 8.81. The van der Waals surface area contributed by atoms with Gasteiger partial charge in [0.15, 0.2) is 0 Å². The fourth-order valence-electron chi connectivity index (χ4n) is 2.50. The minimum absolute atomic E-state index is 0.190. The summed E-state index contributed by atoms with van der Waals surface area (Å²) in [7, 11) is 3.74. The van der Waals surface area contributed by atoms with Crippen LogP contribution >= 0.6 is 0 Å². The second-order valence-corrected chi connectivity index (χ2v) is 4.68. The summed E-state index contributed by atoms with van der Waals surface area (Å²) in [6.45, 7) is 0. The number of nitrogens with zero attached hydrogens (tertiary/aromatic N) is 3. The van der Waals surface area contributed by atoms with Crippen LogP contribution in [0, 0.1) is 5.82 Å². The van der Waals surface area contributed by atoms with Crippen molar-refractivity contribution in [2.45, 2.75) is 6.04 Å². The monoisotopic (exact) mass is 270 g/mol. The minimum atomic E-state index is -0.344. The van der Waals surface area contributed by atoms with Crippen molar-refractivity contribution in [1.29, 1.82) is 0 Å². The van der Waals surface area contributed by atoms with Crippen molar-refractivity contribution in [3.8, 4) is 0 Å².